The molecule has 1 aliphatic heterocycles. The van der Waals surface area contributed by atoms with Gasteiger partial charge in [-0.1, -0.05) is 40.0 Å². The Morgan fingerprint density at radius 3 is 2.00 bits per heavy atom. The Kier molecular flexibility index (Phi) is 12.6. The zero-order valence-corrected chi connectivity index (χ0v) is 17.1. The molecular weight excluding hydrogens is 340 g/mol. The summed E-state index contributed by atoms with van der Waals surface area (Å²) in [7, 11) is 0. The third-order valence-electron chi connectivity index (χ3n) is 4.09. The van der Waals surface area contributed by atoms with Crippen LogP contribution in [0.2, 0.25) is 0 Å². The van der Waals surface area contributed by atoms with E-state index in [1.807, 2.05) is 0 Å². The molecule has 1 heterocycles. The van der Waals surface area contributed by atoms with Crippen LogP contribution in [0.5, 0.6) is 0 Å². The van der Waals surface area contributed by atoms with Crippen LogP contribution in [0.3, 0.4) is 0 Å². The van der Waals surface area contributed by atoms with Gasteiger partial charge >= 0.3 is 5.97 Å². The normalized spacial score (nSPS) is 26.1. The van der Waals surface area contributed by atoms with Crippen molar-refractivity contribution in [3.05, 3.63) is 0 Å². The Bertz CT molecular complexity index is 353. The van der Waals surface area contributed by atoms with Crippen molar-refractivity contribution >= 4 is 17.7 Å². The van der Waals surface area contributed by atoms with E-state index in [0.29, 0.717) is 19.8 Å². The summed E-state index contributed by atoms with van der Waals surface area (Å²) in [5.41, 5.74) is -0.319. The number of carbonyl (C=O) groups excluding carboxylic acids is 1. The molecule has 1 aliphatic rings. The van der Waals surface area contributed by atoms with Gasteiger partial charge in [0.25, 0.3) is 0 Å². The second-order valence-corrected chi connectivity index (χ2v) is 7.80. The maximum Gasteiger partial charge on any atom is 0.303 e. The summed E-state index contributed by atoms with van der Waals surface area (Å²) >= 11 is 1.61. The quantitative estimate of drug-likeness (QED) is 0.335. The molecular formula is C19H36O5S. The van der Waals surface area contributed by atoms with Crippen molar-refractivity contribution in [2.45, 2.75) is 89.1 Å². The van der Waals surface area contributed by atoms with E-state index in [1.54, 1.807) is 11.8 Å². The first kappa shape index (κ1) is 22.7. The molecule has 0 aromatic carbocycles. The highest BCUT2D eigenvalue weighted by Gasteiger charge is 2.47. The summed E-state index contributed by atoms with van der Waals surface area (Å²) in [6.07, 6.45) is 6.03. The van der Waals surface area contributed by atoms with E-state index in [9.17, 15) is 4.79 Å². The lowest BCUT2D eigenvalue weighted by atomic mass is 10.1. The summed E-state index contributed by atoms with van der Waals surface area (Å²) < 4.78 is 23.6. The zero-order chi connectivity index (χ0) is 18.5. The smallest absolute Gasteiger partial charge is 0.303 e. The van der Waals surface area contributed by atoms with Crippen molar-refractivity contribution in [3.63, 3.8) is 0 Å². The molecule has 148 valence electrons. The molecule has 0 bridgehead atoms. The number of rotatable bonds is 14. The van der Waals surface area contributed by atoms with Crippen LogP contribution in [0.4, 0.5) is 0 Å². The van der Waals surface area contributed by atoms with Crippen molar-refractivity contribution < 1.29 is 23.7 Å². The van der Waals surface area contributed by atoms with Crippen LogP contribution in [0.15, 0.2) is 0 Å². The lowest BCUT2D eigenvalue weighted by molar-refractivity contribution is -0.153. The van der Waals surface area contributed by atoms with E-state index in [1.165, 1.54) is 6.92 Å². The van der Waals surface area contributed by atoms with Crippen LogP contribution in [-0.4, -0.2) is 55.3 Å². The van der Waals surface area contributed by atoms with Crippen molar-refractivity contribution in [1.82, 2.24) is 0 Å². The van der Waals surface area contributed by atoms with E-state index >= 15 is 0 Å². The monoisotopic (exact) mass is 376 g/mol. The molecule has 0 aromatic rings. The fourth-order valence-corrected chi connectivity index (χ4v) is 4.12. The number of hydrogen-bond donors (Lipinski definition) is 0. The van der Waals surface area contributed by atoms with E-state index in [4.69, 9.17) is 18.9 Å². The first-order valence-electron chi connectivity index (χ1n) is 9.77. The van der Waals surface area contributed by atoms with Gasteiger partial charge in [-0.05, 0) is 19.3 Å². The molecule has 1 fully saturated rings. The van der Waals surface area contributed by atoms with Gasteiger partial charge in [0.15, 0.2) is 5.44 Å². The molecule has 0 unspecified atom stereocenters. The Morgan fingerprint density at radius 1 is 0.880 bits per heavy atom. The minimum Gasteiger partial charge on any atom is -0.449 e. The number of hydrogen-bond acceptors (Lipinski definition) is 6. The molecule has 0 saturated carbocycles. The molecule has 0 spiro atoms. The SMILES string of the molecule is CCCCOC[C@H]1S[C@@H](OC(C)=O)[C@H](OCCCC)[C@@H]1OCCCC. The minimum atomic E-state index is -0.319. The first-order valence-corrected chi connectivity index (χ1v) is 10.7. The van der Waals surface area contributed by atoms with Crippen LogP contribution in [0, 0.1) is 0 Å². The Morgan fingerprint density at radius 2 is 1.44 bits per heavy atom. The van der Waals surface area contributed by atoms with E-state index in [0.717, 1.165) is 45.1 Å². The lowest BCUT2D eigenvalue weighted by Gasteiger charge is -2.26. The van der Waals surface area contributed by atoms with Gasteiger partial charge in [0, 0.05) is 26.7 Å². The van der Waals surface area contributed by atoms with Crippen LogP contribution in [0.1, 0.15) is 66.2 Å². The van der Waals surface area contributed by atoms with Gasteiger partial charge in [-0.25, -0.2) is 0 Å². The number of carbonyl (C=O) groups is 1. The van der Waals surface area contributed by atoms with Crippen LogP contribution >= 0.6 is 11.8 Å². The Labute approximate surface area is 157 Å². The van der Waals surface area contributed by atoms with Crippen LogP contribution in [0.25, 0.3) is 0 Å². The summed E-state index contributed by atoms with van der Waals surface area (Å²) in [5, 5.41) is 0.129. The highest BCUT2D eigenvalue weighted by atomic mass is 32.2. The summed E-state index contributed by atoms with van der Waals surface area (Å²) in [6.45, 7) is 10.6. The average Bonchev–Trinajstić information content (AvgIpc) is 2.88. The third kappa shape index (κ3) is 8.76. The van der Waals surface area contributed by atoms with Gasteiger partial charge in [0.05, 0.1) is 11.9 Å². The van der Waals surface area contributed by atoms with Crippen LogP contribution in [-0.2, 0) is 23.7 Å². The van der Waals surface area contributed by atoms with Gasteiger partial charge in [0.2, 0.25) is 0 Å². The van der Waals surface area contributed by atoms with Crippen molar-refractivity contribution in [2.24, 2.45) is 0 Å². The maximum absolute atomic E-state index is 11.5. The average molecular weight is 377 g/mol. The number of unbranched alkanes of at least 4 members (excludes halogenated alkanes) is 3. The van der Waals surface area contributed by atoms with E-state index < -0.39 is 0 Å². The predicted molar refractivity (Wildman–Crippen MR) is 102 cm³/mol. The second kappa shape index (κ2) is 13.8. The van der Waals surface area contributed by atoms with Gasteiger partial charge in [-0.15, -0.1) is 11.8 Å². The molecule has 1 rings (SSSR count). The molecule has 0 amide bonds. The third-order valence-corrected chi connectivity index (χ3v) is 5.48. The predicted octanol–water partition coefficient (Wildman–Crippen LogP) is 4.18. The highest BCUT2D eigenvalue weighted by Crippen LogP contribution is 2.39. The van der Waals surface area contributed by atoms with Crippen molar-refractivity contribution in [2.75, 3.05) is 26.4 Å². The van der Waals surface area contributed by atoms with Gasteiger partial charge < -0.3 is 18.9 Å². The fourth-order valence-electron chi connectivity index (χ4n) is 2.64. The molecule has 0 N–H and O–H groups in total. The van der Waals surface area contributed by atoms with E-state index in [2.05, 4.69) is 20.8 Å². The molecule has 25 heavy (non-hydrogen) atoms. The minimum absolute atomic E-state index is 0.0978. The highest BCUT2D eigenvalue weighted by molar-refractivity contribution is 8.00. The molecule has 0 radical (unpaired) electrons. The van der Waals surface area contributed by atoms with Crippen LogP contribution < -0.4 is 0 Å². The zero-order valence-electron chi connectivity index (χ0n) is 16.3. The van der Waals surface area contributed by atoms with Gasteiger partial charge in [0.1, 0.15) is 12.2 Å². The first-order chi connectivity index (χ1) is 12.1. The fraction of sp³-hybridized carbons (Fsp3) is 0.947. The number of thioether (sulfide) groups is 1. The lowest BCUT2D eigenvalue weighted by Crippen LogP contribution is -2.40. The Hall–Kier alpha value is -0.300. The van der Waals surface area contributed by atoms with E-state index in [-0.39, 0.29) is 28.9 Å². The molecule has 6 heteroatoms. The summed E-state index contributed by atoms with van der Waals surface area (Å²) in [4.78, 5) is 11.5. The topological polar surface area (TPSA) is 54.0 Å². The van der Waals surface area contributed by atoms with Crippen molar-refractivity contribution in [3.8, 4) is 0 Å². The molecule has 4 atom stereocenters. The standard InChI is InChI=1S/C19H36O5S/c1-5-8-11-21-14-16-17(22-12-9-6-2)18(23-13-10-7-3)19(25-16)24-15(4)20/h16-19H,5-14H2,1-4H3/t16-,17-,18-,19-/m1/s1. The summed E-state index contributed by atoms with van der Waals surface area (Å²) in [5.74, 6) is -0.276. The largest absolute Gasteiger partial charge is 0.449 e. The number of esters is 1. The maximum atomic E-state index is 11.5. The Balaban J connectivity index is 2.71. The van der Waals surface area contributed by atoms with Gasteiger partial charge in [-0.2, -0.15) is 0 Å². The number of ether oxygens (including phenoxy) is 4. The molecule has 1 saturated heterocycles. The van der Waals surface area contributed by atoms with Gasteiger partial charge in [-0.3, -0.25) is 4.79 Å². The van der Waals surface area contributed by atoms with Crippen molar-refractivity contribution in [1.29, 1.82) is 0 Å². The molecule has 0 aromatic heterocycles. The molecule has 0 aliphatic carbocycles. The molecule has 5 nitrogen and oxygen atoms in total. The summed E-state index contributed by atoms with van der Waals surface area (Å²) in [6, 6.07) is 0. The second-order valence-electron chi connectivity index (χ2n) is 6.46.